The summed E-state index contributed by atoms with van der Waals surface area (Å²) in [5, 5.41) is 25.6. The highest BCUT2D eigenvalue weighted by Crippen LogP contribution is 2.42. The minimum atomic E-state index is -0.408. The topological polar surface area (TPSA) is 55.8 Å². The van der Waals surface area contributed by atoms with E-state index in [1.165, 1.54) is 10.1 Å². The lowest BCUT2D eigenvalue weighted by Crippen LogP contribution is -2.63. The predicted molar refractivity (Wildman–Crippen MR) is 89.6 cm³/mol. The van der Waals surface area contributed by atoms with Crippen LogP contribution in [0.15, 0.2) is 0 Å². The van der Waals surface area contributed by atoms with Gasteiger partial charge in [0.2, 0.25) is 0 Å². The minimum absolute atomic E-state index is 0.0899. The number of rotatable bonds is 2. The number of piperidine rings is 2. The van der Waals surface area contributed by atoms with Crippen LogP contribution < -0.4 is 0 Å². The maximum Gasteiger partial charge on any atom is 0.0615 e. The molecule has 1 radical (unpaired) electrons. The summed E-state index contributed by atoms with van der Waals surface area (Å²) in [4.78, 5) is 0. The second kappa shape index (κ2) is 5.67. The quantitative estimate of drug-likeness (QED) is 0.838. The summed E-state index contributed by atoms with van der Waals surface area (Å²) < 4.78 is 6.47. The van der Waals surface area contributed by atoms with Crippen LogP contribution in [0.1, 0.15) is 81.1 Å². The second-order valence-corrected chi connectivity index (χ2v) is 10.1. The molecule has 135 valence electrons. The minimum Gasteiger partial charge on any atom is -0.375 e. The van der Waals surface area contributed by atoms with Crippen molar-refractivity contribution in [3.63, 3.8) is 0 Å². The van der Waals surface area contributed by atoms with Gasteiger partial charge in [-0.3, -0.25) is 0 Å². The zero-order chi connectivity index (χ0) is 17.8. The molecular formula is C18H35N2O3. The van der Waals surface area contributed by atoms with Crippen LogP contribution in [0, 0.1) is 0 Å². The Morgan fingerprint density at radius 1 is 0.739 bits per heavy atom. The van der Waals surface area contributed by atoms with Crippen molar-refractivity contribution in [2.45, 2.75) is 115 Å². The van der Waals surface area contributed by atoms with E-state index in [4.69, 9.17) is 4.74 Å². The molecule has 23 heavy (non-hydrogen) atoms. The van der Waals surface area contributed by atoms with E-state index in [2.05, 4.69) is 27.7 Å². The summed E-state index contributed by atoms with van der Waals surface area (Å²) >= 11 is 0. The Morgan fingerprint density at radius 2 is 1.04 bits per heavy atom. The number of nitrogens with zero attached hydrogens (tertiary/aromatic N) is 2. The summed E-state index contributed by atoms with van der Waals surface area (Å²) in [7, 11) is 0. The number of hydrogen-bond acceptors (Lipinski definition) is 4. The van der Waals surface area contributed by atoms with Gasteiger partial charge in [-0.05, 0) is 81.1 Å². The highest BCUT2D eigenvalue weighted by Gasteiger charge is 2.49. The van der Waals surface area contributed by atoms with Crippen LogP contribution in [0.5, 0.6) is 0 Å². The highest BCUT2D eigenvalue weighted by atomic mass is 16.5. The summed E-state index contributed by atoms with van der Waals surface area (Å²) in [6.07, 6.45) is 3.29. The molecule has 0 aliphatic carbocycles. The second-order valence-electron chi connectivity index (χ2n) is 10.1. The molecule has 2 heterocycles. The van der Waals surface area contributed by atoms with E-state index in [-0.39, 0.29) is 23.3 Å². The molecule has 0 aromatic carbocycles. The monoisotopic (exact) mass is 327 g/mol. The third-order valence-electron chi connectivity index (χ3n) is 5.54. The van der Waals surface area contributed by atoms with E-state index in [0.717, 1.165) is 25.7 Å². The van der Waals surface area contributed by atoms with Crippen LogP contribution in [-0.2, 0) is 9.94 Å². The molecule has 0 spiro atoms. The van der Waals surface area contributed by atoms with Crippen molar-refractivity contribution in [2.24, 2.45) is 0 Å². The Hall–Kier alpha value is -0.200. The fourth-order valence-corrected chi connectivity index (χ4v) is 4.82. The van der Waals surface area contributed by atoms with Crippen LogP contribution in [-0.4, -0.2) is 49.7 Å². The fraction of sp³-hybridized carbons (Fsp3) is 1.00. The molecule has 1 N–H and O–H groups in total. The predicted octanol–water partition coefficient (Wildman–Crippen LogP) is 3.78. The van der Waals surface area contributed by atoms with Crippen LogP contribution in [0.25, 0.3) is 0 Å². The van der Waals surface area contributed by atoms with E-state index in [1.807, 2.05) is 27.7 Å². The maximum atomic E-state index is 12.5. The lowest BCUT2D eigenvalue weighted by molar-refractivity contribution is -0.310. The molecule has 2 saturated heterocycles. The van der Waals surface area contributed by atoms with Gasteiger partial charge in [-0.2, -0.15) is 5.06 Å². The van der Waals surface area contributed by atoms with Crippen molar-refractivity contribution in [2.75, 3.05) is 0 Å². The summed E-state index contributed by atoms with van der Waals surface area (Å²) in [6.45, 7) is 16.2. The normalized spacial score (nSPS) is 32.1. The van der Waals surface area contributed by atoms with Crippen molar-refractivity contribution in [3.05, 3.63) is 0 Å². The highest BCUT2D eigenvalue weighted by molar-refractivity contribution is 5.00. The first-order chi connectivity index (χ1) is 10.2. The van der Waals surface area contributed by atoms with E-state index in [0.29, 0.717) is 0 Å². The Morgan fingerprint density at radius 3 is 1.39 bits per heavy atom. The Bertz CT molecular complexity index is 370. The third-order valence-corrected chi connectivity index (χ3v) is 5.54. The van der Waals surface area contributed by atoms with Crippen molar-refractivity contribution in [1.82, 2.24) is 10.1 Å². The molecule has 0 saturated carbocycles. The van der Waals surface area contributed by atoms with Crippen molar-refractivity contribution in [3.8, 4) is 0 Å². The average Bonchev–Trinajstić information content (AvgIpc) is 2.31. The van der Waals surface area contributed by atoms with Gasteiger partial charge >= 0.3 is 0 Å². The van der Waals surface area contributed by atoms with Gasteiger partial charge in [-0.25, -0.2) is 0 Å². The molecule has 2 rings (SSSR count). The number of hydroxylamine groups is 4. The standard InChI is InChI=1S/C18H35N2O3/c1-15(2)9-13(10-16(3,4)19(15)21)23-14-11-17(5,6)20(22)18(7,8)12-14/h13-14,21H,9-12H2,1-8H3. The smallest absolute Gasteiger partial charge is 0.0615 e. The molecule has 2 fully saturated rings. The zero-order valence-corrected chi connectivity index (χ0v) is 16.1. The zero-order valence-electron chi connectivity index (χ0n) is 16.1. The summed E-state index contributed by atoms with van der Waals surface area (Å²) in [6, 6.07) is 0. The average molecular weight is 327 g/mol. The number of hydrogen-bond donors (Lipinski definition) is 1. The first kappa shape index (κ1) is 19.1. The van der Waals surface area contributed by atoms with Crippen molar-refractivity contribution < 1.29 is 15.2 Å². The Kier molecular flexibility index (Phi) is 4.71. The number of ether oxygens (including phenoxy) is 1. The van der Waals surface area contributed by atoms with Crippen LogP contribution in [0.3, 0.4) is 0 Å². The molecule has 0 aromatic heterocycles. The van der Waals surface area contributed by atoms with Crippen LogP contribution in [0.2, 0.25) is 0 Å². The van der Waals surface area contributed by atoms with Crippen molar-refractivity contribution >= 4 is 0 Å². The molecule has 0 atom stereocenters. The van der Waals surface area contributed by atoms with Gasteiger partial charge in [-0.1, -0.05) is 0 Å². The van der Waals surface area contributed by atoms with E-state index < -0.39 is 11.1 Å². The summed E-state index contributed by atoms with van der Waals surface area (Å²) in [5.41, 5.74) is -1.43. The van der Waals surface area contributed by atoms with Crippen LogP contribution in [0.4, 0.5) is 0 Å². The molecule has 2 aliphatic rings. The van der Waals surface area contributed by atoms with Gasteiger partial charge in [0.05, 0.1) is 12.2 Å². The maximum absolute atomic E-state index is 12.5. The van der Waals surface area contributed by atoms with Gasteiger partial charge in [0.25, 0.3) is 0 Å². The lowest BCUT2D eigenvalue weighted by atomic mass is 9.78. The molecule has 2 aliphatic heterocycles. The lowest BCUT2D eigenvalue weighted by Gasteiger charge is -2.54. The van der Waals surface area contributed by atoms with E-state index >= 15 is 0 Å². The molecule has 0 amide bonds. The molecule has 5 nitrogen and oxygen atoms in total. The van der Waals surface area contributed by atoms with Gasteiger partial charge in [-0.15, -0.1) is 10.3 Å². The van der Waals surface area contributed by atoms with Gasteiger partial charge in [0, 0.05) is 22.2 Å². The van der Waals surface area contributed by atoms with Gasteiger partial charge in [0.1, 0.15) is 0 Å². The Labute approximate surface area is 141 Å². The van der Waals surface area contributed by atoms with Gasteiger partial charge < -0.3 is 9.94 Å². The van der Waals surface area contributed by atoms with Crippen LogP contribution >= 0.6 is 0 Å². The molecule has 0 unspecified atom stereocenters. The molecule has 0 aromatic rings. The van der Waals surface area contributed by atoms with Gasteiger partial charge in [0.15, 0.2) is 0 Å². The molecule has 0 bridgehead atoms. The molecule has 5 heteroatoms. The fourth-order valence-electron chi connectivity index (χ4n) is 4.82. The first-order valence-electron chi connectivity index (χ1n) is 8.80. The van der Waals surface area contributed by atoms with E-state index in [1.54, 1.807) is 0 Å². The van der Waals surface area contributed by atoms with E-state index in [9.17, 15) is 10.4 Å². The van der Waals surface area contributed by atoms with Crippen molar-refractivity contribution in [1.29, 1.82) is 0 Å². The molecular weight excluding hydrogens is 292 g/mol. The SMILES string of the molecule is CC1(C)CC(OC2CC(C)(C)N(O)C(C)(C)C2)CC(C)(C)N1[O]. The third kappa shape index (κ3) is 3.74. The largest absolute Gasteiger partial charge is 0.375 e. The summed E-state index contributed by atoms with van der Waals surface area (Å²) in [5.74, 6) is 0. The Balaban J connectivity index is 2.10. The first-order valence-corrected chi connectivity index (χ1v) is 8.80.